The molecule has 0 radical (unpaired) electrons. The van der Waals surface area contributed by atoms with E-state index in [0.29, 0.717) is 12.6 Å². The molecule has 1 unspecified atom stereocenters. The molecule has 0 bridgehead atoms. The van der Waals surface area contributed by atoms with Gasteiger partial charge in [-0.3, -0.25) is 0 Å². The molecule has 0 saturated carbocycles. The molecule has 0 aliphatic carbocycles. The Bertz CT molecular complexity index is 211. The van der Waals surface area contributed by atoms with E-state index in [1.807, 2.05) is 38.4 Å². The van der Waals surface area contributed by atoms with Crippen LogP contribution >= 0.6 is 18.2 Å². The summed E-state index contributed by atoms with van der Waals surface area (Å²) in [6.07, 6.45) is 0.686. The quantitative estimate of drug-likeness (QED) is 0.786. The Labute approximate surface area is 128 Å². The molecule has 0 aromatic heterocycles. The second-order valence-electron chi connectivity index (χ2n) is 3.84. The van der Waals surface area contributed by atoms with Crippen LogP contribution in [0.1, 0.15) is 34.1 Å². The minimum Gasteiger partial charge on any atom is -0.214 e. The maximum absolute atomic E-state index is 10.1. The maximum Gasteiger partial charge on any atom is 0.312 e. The van der Waals surface area contributed by atoms with Gasteiger partial charge in [0.2, 0.25) is 0 Å². The van der Waals surface area contributed by atoms with Gasteiger partial charge in [0, 0.05) is 49.8 Å². The molecule has 15 heavy (non-hydrogen) atoms. The van der Waals surface area contributed by atoms with Gasteiger partial charge < -0.3 is 0 Å². The van der Waals surface area contributed by atoms with Crippen LogP contribution in [0.2, 0.25) is 0 Å². The molecule has 0 aromatic rings. The van der Waals surface area contributed by atoms with E-state index in [0.717, 1.165) is 0 Å². The van der Waals surface area contributed by atoms with Crippen LogP contribution in [-0.2, 0) is 0 Å². The summed E-state index contributed by atoms with van der Waals surface area (Å²) in [4.78, 5) is 10.1. The molecule has 0 spiro atoms. The van der Waals surface area contributed by atoms with Crippen molar-refractivity contribution in [2.75, 3.05) is 6.16 Å². The van der Waals surface area contributed by atoms with Gasteiger partial charge in [-0.1, -0.05) is 0 Å². The van der Waals surface area contributed by atoms with E-state index < -0.39 is 6.99 Å². The van der Waals surface area contributed by atoms with Crippen LogP contribution in [0.4, 0.5) is 0 Å². The third kappa shape index (κ3) is 6.64. The number of hydrogen-bond acceptors (Lipinski definition) is 3. The van der Waals surface area contributed by atoms with Gasteiger partial charge in [0.1, 0.15) is 17.4 Å². The largest absolute Gasteiger partial charge is 0.312 e. The molecule has 0 aliphatic heterocycles. The van der Waals surface area contributed by atoms with Crippen LogP contribution in [0, 0.1) is 49.1 Å². The molecule has 0 rings (SSSR count). The van der Waals surface area contributed by atoms with E-state index in [4.69, 9.17) is 16.5 Å². The van der Waals surface area contributed by atoms with Gasteiger partial charge in [0.25, 0.3) is 0 Å². The van der Waals surface area contributed by atoms with Crippen molar-refractivity contribution in [3.63, 3.8) is 0 Å². The predicted octanol–water partition coefficient (Wildman–Crippen LogP) is 3.01. The molecule has 0 saturated heterocycles. The zero-order valence-corrected chi connectivity index (χ0v) is 11.9. The first-order chi connectivity index (χ1) is 6.33. The molecule has 90 valence electrons. The summed E-state index contributed by atoms with van der Waals surface area (Å²) in [6, 6.07) is 2.41. The van der Waals surface area contributed by atoms with Gasteiger partial charge in [-0.25, -0.2) is 4.89 Å². The minimum atomic E-state index is -2.60. The average Bonchev–Trinajstić information content (AvgIpc) is 1.98. The Morgan fingerprint density at radius 2 is 1.73 bits per heavy atom. The number of rotatable bonds is 5. The van der Waals surface area contributed by atoms with E-state index in [9.17, 15) is 4.89 Å². The number of nitriles is 1. The topological polar surface area (TPSA) is 47.3 Å². The Hall–Kier alpha value is 1.39. The summed E-state index contributed by atoms with van der Waals surface area (Å²) < 4.78 is 1.91. The van der Waals surface area contributed by atoms with Crippen molar-refractivity contribution in [1.82, 2.24) is 4.67 Å². The Morgan fingerprint density at radius 3 is 2.00 bits per heavy atom. The van der Waals surface area contributed by atoms with E-state index in [1.54, 1.807) is 0 Å². The van der Waals surface area contributed by atoms with Crippen molar-refractivity contribution in [3.8, 4) is 6.07 Å². The van der Waals surface area contributed by atoms with Gasteiger partial charge >= 0.3 is 6.99 Å². The zero-order chi connectivity index (χ0) is 11.4. The van der Waals surface area contributed by atoms with E-state index in [-0.39, 0.29) is 49.8 Å². The first kappa shape index (κ1) is 18.7. The SMILES string of the molecule is CC(C)N(C(C)C)[P+](O)(Cl)CCC#N.[Ar]. The third-order valence-electron chi connectivity index (χ3n) is 1.92. The molecule has 0 aromatic carbocycles. The fraction of sp³-hybridized carbons (Fsp3) is 0.889. The zero-order valence-electron chi connectivity index (χ0n) is 9.59. The molecule has 0 heterocycles. The summed E-state index contributed by atoms with van der Waals surface area (Å²) in [5.74, 6) is 0. The molecule has 3 nitrogen and oxygen atoms in total. The van der Waals surface area contributed by atoms with Gasteiger partial charge in [-0.05, 0) is 27.7 Å². The summed E-state index contributed by atoms with van der Waals surface area (Å²) in [6.45, 7) is 5.40. The standard InChI is InChI=1S/C9H19ClN2OP.Ar/c1-8(2)12(9(3)4)14(10,13)7-5-6-11;/h8-9,13H,5,7H2,1-4H3;/q+1;. The summed E-state index contributed by atoms with van der Waals surface area (Å²) in [5, 5.41) is 8.47. The van der Waals surface area contributed by atoms with Crippen LogP contribution in [0.15, 0.2) is 0 Å². The molecule has 0 fully saturated rings. The van der Waals surface area contributed by atoms with Crippen LogP contribution in [-0.4, -0.2) is 27.8 Å². The smallest absolute Gasteiger partial charge is 0.214 e. The van der Waals surface area contributed by atoms with Crippen molar-refractivity contribution < 1.29 is 42.6 Å². The average molecular weight is 278 g/mol. The van der Waals surface area contributed by atoms with Crippen molar-refractivity contribution in [2.24, 2.45) is 0 Å². The fourth-order valence-electron chi connectivity index (χ4n) is 1.61. The predicted molar refractivity (Wildman–Crippen MR) is 62.2 cm³/mol. The first-order valence-electron chi connectivity index (χ1n) is 4.79. The van der Waals surface area contributed by atoms with Crippen LogP contribution < -0.4 is 0 Å². The second kappa shape index (κ2) is 8.48. The molecule has 0 aliphatic rings. The minimum absolute atomic E-state index is 0. The number of nitrogens with zero attached hydrogens (tertiary/aromatic N) is 2. The van der Waals surface area contributed by atoms with Gasteiger partial charge in [0.15, 0.2) is 0 Å². The van der Waals surface area contributed by atoms with E-state index >= 15 is 0 Å². The number of hydrogen-bond donors (Lipinski definition) is 1. The molecule has 1 atom stereocenters. The molecular formula is C9H19ArClN2OP+. The van der Waals surface area contributed by atoms with Crippen molar-refractivity contribution in [1.29, 1.82) is 5.26 Å². The molecule has 1 N–H and O–H groups in total. The molecule has 0 amide bonds. The maximum atomic E-state index is 10.1. The molecule has 6 heteroatoms. The van der Waals surface area contributed by atoms with Crippen LogP contribution in [0.25, 0.3) is 0 Å². The van der Waals surface area contributed by atoms with Gasteiger partial charge in [-0.15, -0.1) is 4.67 Å². The number of halogens is 1. The van der Waals surface area contributed by atoms with Crippen molar-refractivity contribution in [3.05, 3.63) is 0 Å². The Kier molecular flexibility index (Phi) is 10.6. The van der Waals surface area contributed by atoms with Gasteiger partial charge in [-0.2, -0.15) is 5.26 Å². The van der Waals surface area contributed by atoms with Crippen molar-refractivity contribution in [2.45, 2.75) is 46.2 Å². The fourth-order valence-corrected chi connectivity index (χ4v) is 4.94. The molecular weight excluding hydrogens is 258 g/mol. The van der Waals surface area contributed by atoms with Crippen molar-refractivity contribution >= 4 is 18.2 Å². The Morgan fingerprint density at radius 1 is 1.33 bits per heavy atom. The summed E-state index contributed by atoms with van der Waals surface area (Å²) >= 11 is 6.11. The monoisotopic (exact) mass is 277 g/mol. The van der Waals surface area contributed by atoms with Crippen LogP contribution in [0.5, 0.6) is 0 Å². The first-order valence-corrected chi connectivity index (χ1v) is 7.57. The van der Waals surface area contributed by atoms with E-state index in [2.05, 4.69) is 0 Å². The summed E-state index contributed by atoms with van der Waals surface area (Å²) in [7, 11) is 0. The second-order valence-corrected chi connectivity index (χ2v) is 7.66. The third-order valence-corrected chi connectivity index (χ3v) is 5.38. The van der Waals surface area contributed by atoms with Gasteiger partial charge in [0.05, 0.1) is 12.5 Å². The van der Waals surface area contributed by atoms with E-state index in [1.165, 1.54) is 0 Å². The summed E-state index contributed by atoms with van der Waals surface area (Å²) in [5.41, 5.74) is 0. The Balaban J connectivity index is 0. The normalized spacial score (nSPS) is 14.9. The van der Waals surface area contributed by atoms with Crippen LogP contribution in [0.3, 0.4) is 0 Å².